The zero-order valence-corrected chi connectivity index (χ0v) is 10.7. The van der Waals surface area contributed by atoms with E-state index in [1.807, 2.05) is 6.07 Å². The first-order valence-corrected chi connectivity index (χ1v) is 7.01. The molecule has 2 N–H and O–H groups in total. The quantitative estimate of drug-likeness (QED) is 0.814. The fraction of sp³-hybridized carbons (Fsp3) is 0.600. The largest absolute Gasteiger partial charge is 0.399 e. The number of fused-ring (bicyclic) bond motifs is 1. The highest BCUT2D eigenvalue weighted by atomic mass is 19.1. The van der Waals surface area contributed by atoms with Crippen molar-refractivity contribution in [2.24, 2.45) is 5.92 Å². The summed E-state index contributed by atoms with van der Waals surface area (Å²) in [6, 6.07) is 5.64. The number of benzene rings is 1. The van der Waals surface area contributed by atoms with Gasteiger partial charge in [0.05, 0.1) is 0 Å². The van der Waals surface area contributed by atoms with Gasteiger partial charge in [-0.3, -0.25) is 4.90 Å². The maximum atomic E-state index is 13.4. The van der Waals surface area contributed by atoms with Crippen LogP contribution in [-0.4, -0.2) is 17.5 Å². The van der Waals surface area contributed by atoms with Crippen LogP contribution in [0.15, 0.2) is 18.2 Å². The van der Waals surface area contributed by atoms with Gasteiger partial charge in [0.1, 0.15) is 5.82 Å². The molecule has 2 aliphatic rings. The number of piperidine rings is 1. The maximum Gasteiger partial charge on any atom is 0.125 e. The van der Waals surface area contributed by atoms with Crippen molar-refractivity contribution >= 4 is 5.69 Å². The number of nitrogen functional groups attached to an aromatic ring is 1. The van der Waals surface area contributed by atoms with Crippen LogP contribution in [0, 0.1) is 11.7 Å². The Hall–Kier alpha value is -1.09. The lowest BCUT2D eigenvalue weighted by atomic mass is 9.91. The van der Waals surface area contributed by atoms with Gasteiger partial charge in [-0.25, -0.2) is 4.39 Å². The van der Waals surface area contributed by atoms with E-state index in [2.05, 4.69) is 4.90 Å². The smallest absolute Gasteiger partial charge is 0.125 e. The molecular weight excluding hydrogens is 227 g/mol. The predicted molar refractivity (Wildman–Crippen MR) is 71.6 cm³/mol. The van der Waals surface area contributed by atoms with Crippen molar-refractivity contribution in [3.63, 3.8) is 0 Å². The lowest BCUT2D eigenvalue weighted by molar-refractivity contribution is 0.106. The molecule has 0 aromatic heterocycles. The molecule has 0 bridgehead atoms. The number of nitrogens with zero attached hydrogens (tertiary/aromatic N) is 1. The summed E-state index contributed by atoms with van der Waals surface area (Å²) < 4.78 is 13.4. The second-order valence-electron chi connectivity index (χ2n) is 5.76. The van der Waals surface area contributed by atoms with Crippen molar-refractivity contribution in [1.29, 1.82) is 0 Å². The lowest BCUT2D eigenvalue weighted by Crippen LogP contribution is -2.41. The van der Waals surface area contributed by atoms with Crippen LogP contribution in [0.2, 0.25) is 0 Å². The number of hydrogen-bond donors (Lipinski definition) is 1. The van der Waals surface area contributed by atoms with Crippen LogP contribution in [0.25, 0.3) is 0 Å². The van der Waals surface area contributed by atoms with E-state index < -0.39 is 0 Å². The third-order valence-corrected chi connectivity index (χ3v) is 4.47. The Bertz CT molecular complexity index is 412. The summed E-state index contributed by atoms with van der Waals surface area (Å²) in [7, 11) is 0. The standard InChI is InChI=1S/C15H21FN2/c16-13-7-11(8-14(17)9-13)10-18-6-2-4-12-3-1-5-15(12)18/h7-9,12,15H,1-6,10,17H2. The van der Waals surface area contributed by atoms with Gasteiger partial charge in [-0.2, -0.15) is 0 Å². The summed E-state index contributed by atoms with van der Waals surface area (Å²) in [5.74, 6) is 0.662. The average molecular weight is 248 g/mol. The second-order valence-corrected chi connectivity index (χ2v) is 5.76. The minimum Gasteiger partial charge on any atom is -0.399 e. The number of hydrogen-bond acceptors (Lipinski definition) is 2. The first kappa shape index (κ1) is 12.0. The van der Waals surface area contributed by atoms with Gasteiger partial charge in [-0.15, -0.1) is 0 Å². The maximum absolute atomic E-state index is 13.4. The van der Waals surface area contributed by atoms with Crippen molar-refractivity contribution < 1.29 is 4.39 Å². The summed E-state index contributed by atoms with van der Waals surface area (Å²) >= 11 is 0. The monoisotopic (exact) mass is 248 g/mol. The zero-order chi connectivity index (χ0) is 12.5. The Morgan fingerprint density at radius 2 is 2.00 bits per heavy atom. The fourth-order valence-corrected chi connectivity index (χ4v) is 3.75. The Morgan fingerprint density at radius 1 is 1.17 bits per heavy atom. The molecule has 2 nitrogen and oxygen atoms in total. The molecular formula is C15H21FN2. The van der Waals surface area contributed by atoms with E-state index in [0.29, 0.717) is 5.69 Å². The van der Waals surface area contributed by atoms with Crippen LogP contribution >= 0.6 is 0 Å². The van der Waals surface area contributed by atoms with Gasteiger partial charge in [0.25, 0.3) is 0 Å². The molecule has 2 unspecified atom stereocenters. The Morgan fingerprint density at radius 3 is 2.83 bits per heavy atom. The molecule has 3 heteroatoms. The Labute approximate surface area is 108 Å². The molecule has 1 aliphatic carbocycles. The van der Waals surface area contributed by atoms with Crippen molar-refractivity contribution in [3.05, 3.63) is 29.6 Å². The van der Waals surface area contributed by atoms with E-state index in [-0.39, 0.29) is 5.82 Å². The molecule has 3 rings (SSSR count). The number of likely N-dealkylation sites (tertiary alicyclic amines) is 1. The number of nitrogens with two attached hydrogens (primary N) is 1. The molecule has 1 aliphatic heterocycles. The third-order valence-electron chi connectivity index (χ3n) is 4.47. The first-order chi connectivity index (χ1) is 8.72. The molecule has 2 atom stereocenters. The van der Waals surface area contributed by atoms with E-state index in [1.54, 1.807) is 6.07 Å². The summed E-state index contributed by atoms with van der Waals surface area (Å²) in [4.78, 5) is 2.54. The molecule has 2 fully saturated rings. The molecule has 1 aromatic carbocycles. The van der Waals surface area contributed by atoms with Gasteiger partial charge in [0.15, 0.2) is 0 Å². The minimum atomic E-state index is -0.218. The summed E-state index contributed by atoms with van der Waals surface area (Å²) in [6.45, 7) is 2.00. The van der Waals surface area contributed by atoms with E-state index in [0.717, 1.165) is 30.6 Å². The molecule has 18 heavy (non-hydrogen) atoms. The van der Waals surface area contributed by atoms with Gasteiger partial charge in [0.2, 0.25) is 0 Å². The van der Waals surface area contributed by atoms with Crippen LogP contribution < -0.4 is 5.73 Å². The zero-order valence-electron chi connectivity index (χ0n) is 10.7. The highest BCUT2D eigenvalue weighted by Crippen LogP contribution is 2.37. The fourth-order valence-electron chi connectivity index (χ4n) is 3.75. The topological polar surface area (TPSA) is 29.3 Å². The van der Waals surface area contributed by atoms with E-state index in [4.69, 9.17) is 5.73 Å². The van der Waals surface area contributed by atoms with E-state index in [1.165, 1.54) is 38.2 Å². The molecule has 1 aromatic rings. The van der Waals surface area contributed by atoms with E-state index in [9.17, 15) is 4.39 Å². The molecule has 1 saturated carbocycles. The van der Waals surface area contributed by atoms with Gasteiger partial charge in [-0.1, -0.05) is 6.42 Å². The summed E-state index contributed by atoms with van der Waals surface area (Å²) in [6.07, 6.45) is 6.72. The van der Waals surface area contributed by atoms with Gasteiger partial charge in [0, 0.05) is 18.3 Å². The van der Waals surface area contributed by atoms with Crippen molar-refractivity contribution in [1.82, 2.24) is 4.90 Å². The molecule has 0 spiro atoms. The molecule has 1 heterocycles. The Balaban J connectivity index is 1.74. The van der Waals surface area contributed by atoms with Crippen molar-refractivity contribution in [3.8, 4) is 0 Å². The average Bonchev–Trinajstić information content (AvgIpc) is 2.76. The highest BCUT2D eigenvalue weighted by molar-refractivity contribution is 5.41. The summed E-state index contributed by atoms with van der Waals surface area (Å²) in [5, 5.41) is 0. The SMILES string of the molecule is Nc1cc(F)cc(CN2CCCC3CCCC32)c1. The second kappa shape index (κ2) is 4.88. The van der Waals surface area contributed by atoms with Crippen LogP contribution in [0.5, 0.6) is 0 Å². The van der Waals surface area contributed by atoms with Crippen LogP contribution in [0.4, 0.5) is 10.1 Å². The van der Waals surface area contributed by atoms with Crippen molar-refractivity contribution in [2.45, 2.75) is 44.7 Å². The number of halogens is 1. The molecule has 1 saturated heterocycles. The lowest BCUT2D eigenvalue weighted by Gasteiger charge is -2.37. The van der Waals surface area contributed by atoms with E-state index >= 15 is 0 Å². The van der Waals surface area contributed by atoms with Gasteiger partial charge >= 0.3 is 0 Å². The van der Waals surface area contributed by atoms with Crippen molar-refractivity contribution in [2.75, 3.05) is 12.3 Å². The minimum absolute atomic E-state index is 0.218. The molecule has 0 amide bonds. The normalized spacial score (nSPS) is 28.3. The Kier molecular flexibility index (Phi) is 3.25. The number of anilines is 1. The third kappa shape index (κ3) is 2.37. The predicted octanol–water partition coefficient (Wildman–Crippen LogP) is 3.17. The number of rotatable bonds is 2. The van der Waals surface area contributed by atoms with Crippen LogP contribution in [0.1, 0.15) is 37.7 Å². The van der Waals surface area contributed by atoms with Gasteiger partial charge < -0.3 is 5.73 Å². The summed E-state index contributed by atoms with van der Waals surface area (Å²) in [5.41, 5.74) is 7.26. The molecule has 98 valence electrons. The first-order valence-electron chi connectivity index (χ1n) is 7.01. The van der Waals surface area contributed by atoms with Crippen LogP contribution in [0.3, 0.4) is 0 Å². The highest BCUT2D eigenvalue weighted by Gasteiger charge is 2.34. The molecule has 0 radical (unpaired) electrons. The van der Waals surface area contributed by atoms with Crippen LogP contribution in [-0.2, 0) is 6.54 Å². The van der Waals surface area contributed by atoms with Gasteiger partial charge in [-0.05, 0) is 61.9 Å².